The highest BCUT2D eigenvalue weighted by Crippen LogP contribution is 2.46. The van der Waals surface area contributed by atoms with Crippen molar-refractivity contribution < 1.29 is 14.3 Å². The fourth-order valence-corrected chi connectivity index (χ4v) is 2.49. The highest BCUT2D eigenvalue weighted by molar-refractivity contribution is 5.99. The summed E-state index contributed by atoms with van der Waals surface area (Å²) in [4.78, 5) is 11.5. The molecule has 0 aliphatic carbocycles. The first-order valence-electron chi connectivity index (χ1n) is 6.74. The predicted octanol–water partition coefficient (Wildman–Crippen LogP) is 4.94. The van der Waals surface area contributed by atoms with Gasteiger partial charge >= 0.3 is 0 Å². The standard InChI is InChI=1S/C18H12O3/c1-11(19)12-6-7-13-9-17-18(10-14(13)8-12)21-16-5-3-2-4-15(16)20-17/h2-10H,1H3. The van der Waals surface area contributed by atoms with Crippen LogP contribution < -0.4 is 9.47 Å². The maximum Gasteiger partial charge on any atom is 0.170 e. The van der Waals surface area contributed by atoms with E-state index in [0.717, 1.165) is 10.8 Å². The molecule has 1 aliphatic rings. The van der Waals surface area contributed by atoms with Crippen LogP contribution in [0.15, 0.2) is 54.6 Å². The van der Waals surface area contributed by atoms with Gasteiger partial charge in [0.1, 0.15) is 0 Å². The molecule has 1 heterocycles. The number of fused-ring (bicyclic) bond motifs is 3. The molecule has 3 heteroatoms. The number of para-hydroxylation sites is 2. The summed E-state index contributed by atoms with van der Waals surface area (Å²) in [5, 5.41) is 1.98. The second kappa shape index (κ2) is 4.35. The Labute approximate surface area is 121 Å². The van der Waals surface area contributed by atoms with Gasteiger partial charge in [-0.25, -0.2) is 0 Å². The van der Waals surface area contributed by atoms with Crippen LogP contribution in [0.1, 0.15) is 17.3 Å². The molecular formula is C18H12O3. The van der Waals surface area contributed by atoms with Crippen molar-refractivity contribution in [2.75, 3.05) is 0 Å². The summed E-state index contributed by atoms with van der Waals surface area (Å²) in [6, 6.07) is 17.0. The molecule has 0 N–H and O–H groups in total. The van der Waals surface area contributed by atoms with Gasteiger partial charge in [0.05, 0.1) is 0 Å². The molecule has 21 heavy (non-hydrogen) atoms. The van der Waals surface area contributed by atoms with Gasteiger partial charge in [0.15, 0.2) is 28.8 Å². The Morgan fingerprint density at radius 3 is 2.00 bits per heavy atom. The van der Waals surface area contributed by atoms with Crippen LogP contribution in [-0.4, -0.2) is 5.78 Å². The van der Waals surface area contributed by atoms with Crippen LogP contribution in [-0.2, 0) is 0 Å². The lowest BCUT2D eigenvalue weighted by atomic mass is 10.0. The summed E-state index contributed by atoms with van der Waals surface area (Å²) in [6.45, 7) is 1.56. The summed E-state index contributed by atoms with van der Waals surface area (Å²) in [5.41, 5.74) is 0.694. The second-order valence-electron chi connectivity index (χ2n) is 5.07. The van der Waals surface area contributed by atoms with Crippen molar-refractivity contribution in [1.82, 2.24) is 0 Å². The van der Waals surface area contributed by atoms with Crippen molar-refractivity contribution in [3.05, 3.63) is 60.2 Å². The van der Waals surface area contributed by atoms with E-state index < -0.39 is 0 Å². The average molecular weight is 276 g/mol. The van der Waals surface area contributed by atoms with Crippen molar-refractivity contribution in [1.29, 1.82) is 0 Å². The molecule has 0 saturated heterocycles. The maximum atomic E-state index is 11.5. The lowest BCUT2D eigenvalue weighted by Crippen LogP contribution is -1.99. The first kappa shape index (κ1) is 12.0. The minimum atomic E-state index is 0.0529. The number of carbonyl (C=O) groups excluding carboxylic acids is 1. The first-order chi connectivity index (χ1) is 10.2. The highest BCUT2D eigenvalue weighted by atomic mass is 16.6. The molecule has 0 saturated carbocycles. The Bertz CT molecular complexity index is 881. The van der Waals surface area contributed by atoms with E-state index in [1.807, 2.05) is 54.6 Å². The molecule has 3 nitrogen and oxygen atoms in total. The smallest absolute Gasteiger partial charge is 0.170 e. The summed E-state index contributed by atoms with van der Waals surface area (Å²) in [6.07, 6.45) is 0. The normalized spacial score (nSPS) is 12.0. The highest BCUT2D eigenvalue weighted by Gasteiger charge is 2.19. The Morgan fingerprint density at radius 1 is 0.762 bits per heavy atom. The number of benzene rings is 3. The van der Waals surface area contributed by atoms with Crippen LogP contribution in [0.5, 0.6) is 23.0 Å². The van der Waals surface area contributed by atoms with Gasteiger partial charge in [-0.1, -0.05) is 24.3 Å². The van der Waals surface area contributed by atoms with Crippen molar-refractivity contribution in [3.8, 4) is 23.0 Å². The van der Waals surface area contributed by atoms with Gasteiger partial charge in [0, 0.05) is 5.56 Å². The fourth-order valence-electron chi connectivity index (χ4n) is 2.49. The Morgan fingerprint density at radius 2 is 1.38 bits per heavy atom. The summed E-state index contributed by atoms with van der Waals surface area (Å²) < 4.78 is 11.7. The van der Waals surface area contributed by atoms with Gasteiger partial charge < -0.3 is 9.47 Å². The number of hydrogen-bond acceptors (Lipinski definition) is 3. The van der Waals surface area contributed by atoms with Crippen molar-refractivity contribution in [2.45, 2.75) is 6.92 Å². The number of Topliss-reactive ketones (excluding diaryl/α,β-unsaturated/α-hetero) is 1. The van der Waals surface area contributed by atoms with E-state index in [9.17, 15) is 4.79 Å². The van der Waals surface area contributed by atoms with Crippen LogP contribution in [0.25, 0.3) is 10.8 Å². The van der Waals surface area contributed by atoms with Gasteiger partial charge in [-0.15, -0.1) is 0 Å². The zero-order chi connectivity index (χ0) is 14.4. The molecule has 102 valence electrons. The van der Waals surface area contributed by atoms with E-state index in [-0.39, 0.29) is 5.78 Å². The molecule has 0 bridgehead atoms. The minimum absolute atomic E-state index is 0.0529. The van der Waals surface area contributed by atoms with Crippen LogP contribution in [0, 0.1) is 0 Å². The molecule has 0 unspecified atom stereocenters. The van der Waals surface area contributed by atoms with E-state index in [0.29, 0.717) is 28.6 Å². The molecule has 0 atom stereocenters. The zero-order valence-corrected chi connectivity index (χ0v) is 11.4. The van der Waals surface area contributed by atoms with Gasteiger partial charge in [-0.05, 0) is 48.0 Å². The number of hydrogen-bond donors (Lipinski definition) is 0. The summed E-state index contributed by atoms with van der Waals surface area (Å²) in [5.74, 6) is 2.83. The SMILES string of the molecule is CC(=O)c1ccc2cc3c(cc2c1)Oc1ccccc1O3. The number of ether oxygens (including phenoxy) is 2. The monoisotopic (exact) mass is 276 g/mol. The number of carbonyl (C=O) groups is 1. The molecule has 3 aromatic carbocycles. The fraction of sp³-hybridized carbons (Fsp3) is 0.0556. The topological polar surface area (TPSA) is 35.5 Å². The third-order valence-corrected chi connectivity index (χ3v) is 3.60. The van der Waals surface area contributed by atoms with Crippen molar-refractivity contribution in [3.63, 3.8) is 0 Å². The van der Waals surface area contributed by atoms with Gasteiger partial charge in [-0.3, -0.25) is 4.79 Å². The number of ketones is 1. The molecule has 3 aromatic rings. The van der Waals surface area contributed by atoms with E-state index in [1.165, 1.54) is 0 Å². The van der Waals surface area contributed by atoms with Crippen LogP contribution in [0.3, 0.4) is 0 Å². The Kier molecular flexibility index (Phi) is 2.48. The molecular weight excluding hydrogens is 264 g/mol. The Balaban J connectivity index is 1.87. The molecule has 0 radical (unpaired) electrons. The van der Waals surface area contributed by atoms with E-state index in [1.54, 1.807) is 6.92 Å². The van der Waals surface area contributed by atoms with E-state index in [4.69, 9.17) is 9.47 Å². The van der Waals surface area contributed by atoms with Gasteiger partial charge in [0.2, 0.25) is 0 Å². The zero-order valence-electron chi connectivity index (χ0n) is 11.4. The van der Waals surface area contributed by atoms with Crippen LogP contribution >= 0.6 is 0 Å². The molecule has 0 aromatic heterocycles. The summed E-state index contributed by atoms with van der Waals surface area (Å²) in [7, 11) is 0. The van der Waals surface area contributed by atoms with Crippen molar-refractivity contribution in [2.24, 2.45) is 0 Å². The van der Waals surface area contributed by atoms with Crippen molar-refractivity contribution >= 4 is 16.6 Å². The number of rotatable bonds is 1. The third-order valence-electron chi connectivity index (χ3n) is 3.60. The maximum absolute atomic E-state index is 11.5. The quantitative estimate of drug-likeness (QED) is 0.462. The summed E-state index contributed by atoms with van der Waals surface area (Å²) >= 11 is 0. The largest absolute Gasteiger partial charge is 0.449 e. The van der Waals surface area contributed by atoms with Crippen LogP contribution in [0.4, 0.5) is 0 Å². The van der Waals surface area contributed by atoms with Crippen LogP contribution in [0.2, 0.25) is 0 Å². The molecule has 4 rings (SSSR count). The minimum Gasteiger partial charge on any atom is -0.449 e. The molecule has 1 aliphatic heterocycles. The molecule has 0 fully saturated rings. The predicted molar refractivity (Wildman–Crippen MR) is 80.5 cm³/mol. The lowest BCUT2D eigenvalue weighted by Gasteiger charge is -2.21. The second-order valence-corrected chi connectivity index (χ2v) is 5.07. The lowest BCUT2D eigenvalue weighted by molar-refractivity contribution is 0.101. The first-order valence-corrected chi connectivity index (χ1v) is 6.74. The third kappa shape index (κ3) is 1.94. The average Bonchev–Trinajstić information content (AvgIpc) is 2.50. The van der Waals surface area contributed by atoms with E-state index >= 15 is 0 Å². The molecule has 0 amide bonds. The van der Waals surface area contributed by atoms with Gasteiger partial charge in [-0.2, -0.15) is 0 Å². The Hall–Kier alpha value is -2.81. The van der Waals surface area contributed by atoms with E-state index in [2.05, 4.69) is 0 Å². The molecule has 0 spiro atoms. The van der Waals surface area contributed by atoms with Gasteiger partial charge in [0.25, 0.3) is 0 Å².